The minimum Gasteiger partial charge on any atom is -0.340 e. The summed E-state index contributed by atoms with van der Waals surface area (Å²) in [6.45, 7) is 6.79. The van der Waals surface area contributed by atoms with Crippen LogP contribution >= 0.6 is 0 Å². The molecule has 0 fully saturated rings. The monoisotopic (exact) mass is 564 g/mol. The van der Waals surface area contributed by atoms with Crippen LogP contribution in [-0.2, 0) is 21.5 Å². The largest absolute Gasteiger partial charge is 0.340 e. The molecular formula is C27H32N8O4S. The smallest absolute Gasteiger partial charge is 0.286 e. The van der Waals surface area contributed by atoms with Crippen molar-refractivity contribution in [2.75, 3.05) is 23.8 Å². The first-order valence-corrected chi connectivity index (χ1v) is 14.2. The van der Waals surface area contributed by atoms with Gasteiger partial charge in [0.1, 0.15) is 24.6 Å². The lowest BCUT2D eigenvalue weighted by atomic mass is 9.95. The number of nitrogens with zero attached hydrogens (tertiary/aromatic N) is 7. The molecule has 2 N–H and O–H groups in total. The number of nitrogens with one attached hydrogen (secondary N) is 1. The van der Waals surface area contributed by atoms with Crippen LogP contribution in [0.2, 0.25) is 0 Å². The first-order chi connectivity index (χ1) is 19.0. The van der Waals surface area contributed by atoms with E-state index in [1.165, 1.54) is 18.3 Å². The third-order valence-corrected chi connectivity index (χ3v) is 7.76. The topological polar surface area (TPSA) is 138 Å². The molecule has 0 aliphatic carbocycles. The number of carbonyl (C=O) groups excluding carboxylic acids is 1. The van der Waals surface area contributed by atoms with Gasteiger partial charge >= 0.3 is 0 Å². The zero-order chi connectivity index (χ0) is 28.7. The highest BCUT2D eigenvalue weighted by Gasteiger charge is 2.48. The third-order valence-electron chi connectivity index (χ3n) is 6.63. The second-order valence-electron chi connectivity index (χ2n) is 11.0. The van der Waals surface area contributed by atoms with E-state index in [9.17, 15) is 17.8 Å². The molecule has 3 heterocycles. The minimum atomic E-state index is -4.67. The van der Waals surface area contributed by atoms with Gasteiger partial charge < -0.3 is 10.2 Å². The molecule has 1 aliphatic heterocycles. The number of hydrogen-bond acceptors (Lipinski definition) is 9. The van der Waals surface area contributed by atoms with Crippen LogP contribution in [0.15, 0.2) is 67.3 Å². The Morgan fingerprint density at radius 1 is 1.07 bits per heavy atom. The quantitative estimate of drug-likeness (QED) is 0.242. The van der Waals surface area contributed by atoms with Crippen LogP contribution in [0.5, 0.6) is 0 Å². The highest BCUT2D eigenvalue weighted by molar-refractivity contribution is 7.86. The summed E-state index contributed by atoms with van der Waals surface area (Å²) in [7, 11) is -3.16. The Morgan fingerprint density at radius 3 is 2.35 bits per heavy atom. The van der Waals surface area contributed by atoms with Crippen molar-refractivity contribution in [2.45, 2.75) is 38.9 Å². The van der Waals surface area contributed by atoms with Gasteiger partial charge in [-0.3, -0.25) is 14.2 Å². The lowest BCUT2D eigenvalue weighted by Gasteiger charge is -2.44. The van der Waals surface area contributed by atoms with E-state index in [4.69, 9.17) is 5.10 Å². The van der Waals surface area contributed by atoms with Crippen LogP contribution in [0.4, 0.5) is 17.3 Å². The van der Waals surface area contributed by atoms with Crippen LogP contribution in [0.25, 0.3) is 5.69 Å². The molecule has 0 bridgehead atoms. The second-order valence-corrected chi connectivity index (χ2v) is 12.5. The van der Waals surface area contributed by atoms with Crippen molar-refractivity contribution in [3.8, 4) is 5.69 Å². The summed E-state index contributed by atoms with van der Waals surface area (Å²) in [5.41, 5.74) is 2.46. The van der Waals surface area contributed by atoms with Gasteiger partial charge in [0.15, 0.2) is 17.5 Å². The number of fused-ring (bicyclic) bond motifs is 1. The molecule has 5 rings (SSSR count). The van der Waals surface area contributed by atoms with Crippen LogP contribution in [0.1, 0.15) is 37.3 Å². The number of aldehydes is 1. The van der Waals surface area contributed by atoms with E-state index in [1.807, 2.05) is 75.4 Å². The second kappa shape index (κ2) is 10.5. The summed E-state index contributed by atoms with van der Waals surface area (Å²) in [4.78, 5) is 19.5. The average molecular weight is 565 g/mol. The van der Waals surface area contributed by atoms with E-state index in [2.05, 4.69) is 15.4 Å². The molecule has 210 valence electrons. The minimum absolute atomic E-state index is 0.252. The maximum absolute atomic E-state index is 12.8. The maximum atomic E-state index is 12.8. The molecule has 0 amide bonds. The molecule has 2 unspecified atom stereocenters. The molecule has 2 aromatic heterocycles. The lowest BCUT2D eigenvalue weighted by Crippen LogP contribution is -2.56. The molecule has 12 nitrogen and oxygen atoms in total. The van der Waals surface area contributed by atoms with E-state index in [0.717, 1.165) is 11.3 Å². The third kappa shape index (κ3) is 5.48. The fraction of sp³-hybridized carbons (Fsp3) is 0.333. The van der Waals surface area contributed by atoms with Crippen molar-refractivity contribution in [2.24, 2.45) is 5.41 Å². The Balaban J connectivity index is 1.67. The maximum Gasteiger partial charge on any atom is 0.286 e. The highest BCUT2D eigenvalue weighted by atomic mass is 32.2. The number of aromatic nitrogens is 5. The molecule has 0 saturated heterocycles. The molecule has 4 aromatic rings. The summed E-state index contributed by atoms with van der Waals surface area (Å²) in [5.74, 6) is 0.727. The van der Waals surface area contributed by atoms with E-state index in [0.29, 0.717) is 30.2 Å². The van der Waals surface area contributed by atoms with Crippen LogP contribution in [0.3, 0.4) is 0 Å². The molecule has 0 radical (unpaired) electrons. The fourth-order valence-corrected chi connectivity index (χ4v) is 6.03. The normalized spacial score (nSPS) is 18.0. The zero-order valence-electron chi connectivity index (χ0n) is 22.7. The number of hydrogen-bond donors (Lipinski definition) is 2. The Morgan fingerprint density at radius 2 is 1.77 bits per heavy atom. The summed E-state index contributed by atoms with van der Waals surface area (Å²) in [6, 6.07) is 17.0. The Kier molecular flexibility index (Phi) is 7.21. The lowest BCUT2D eigenvalue weighted by molar-refractivity contribution is -0.112. The summed E-state index contributed by atoms with van der Waals surface area (Å²) < 4.78 is 39.4. The highest BCUT2D eigenvalue weighted by Crippen LogP contribution is 2.45. The van der Waals surface area contributed by atoms with Crippen molar-refractivity contribution >= 4 is 33.7 Å². The van der Waals surface area contributed by atoms with Gasteiger partial charge in [-0.2, -0.15) is 18.6 Å². The SMILES string of the molecule is CN1C(C=O)N(CC(C)(C)C)c2nn(Cc3ccc(-n4cncn4)cc3)c(Nc3ccccc3)c2C1S(=O)(=O)O. The standard InChI is InChI=1S/C27H32N8O4S/c1-27(2,3)16-33-22(15-36)32(4)26(40(37,38)39)23-24(30-20-8-6-5-7-9-20)34(31-25(23)33)14-19-10-12-21(13-11-19)35-18-28-17-29-35/h5-13,15,17-18,22,26,30H,14,16H2,1-4H3,(H,37,38,39). The summed E-state index contributed by atoms with van der Waals surface area (Å²) in [5, 5.41) is 10.8. The number of para-hydroxylation sites is 1. The van der Waals surface area contributed by atoms with Crippen molar-refractivity contribution < 1.29 is 17.8 Å². The van der Waals surface area contributed by atoms with Gasteiger partial charge in [-0.25, -0.2) is 14.3 Å². The molecule has 0 saturated carbocycles. The van der Waals surface area contributed by atoms with E-state index in [1.54, 1.807) is 20.6 Å². The Labute approximate surface area is 233 Å². The van der Waals surface area contributed by atoms with Crippen molar-refractivity contribution in [3.63, 3.8) is 0 Å². The van der Waals surface area contributed by atoms with Crippen molar-refractivity contribution in [1.29, 1.82) is 0 Å². The number of rotatable bonds is 8. The predicted octanol–water partition coefficient (Wildman–Crippen LogP) is 3.46. The number of likely N-dealkylation sites (N-methyl/N-ethyl adjacent to an activating group) is 1. The molecule has 13 heteroatoms. The van der Waals surface area contributed by atoms with Gasteiger partial charge in [0.25, 0.3) is 10.1 Å². The molecule has 1 aliphatic rings. The zero-order valence-corrected chi connectivity index (χ0v) is 23.5. The Hall–Kier alpha value is -4.07. The molecule has 0 spiro atoms. The van der Waals surface area contributed by atoms with Gasteiger partial charge in [-0.05, 0) is 42.3 Å². The number of anilines is 3. The van der Waals surface area contributed by atoms with Gasteiger partial charge in [-0.15, -0.1) is 0 Å². The summed E-state index contributed by atoms with van der Waals surface area (Å²) in [6.07, 6.45) is 2.80. The van der Waals surface area contributed by atoms with Crippen LogP contribution < -0.4 is 10.2 Å². The molecule has 2 atom stereocenters. The Bertz CT molecular complexity index is 1580. The van der Waals surface area contributed by atoms with E-state index >= 15 is 0 Å². The number of benzene rings is 2. The van der Waals surface area contributed by atoms with Gasteiger partial charge in [0.2, 0.25) is 0 Å². The predicted molar refractivity (Wildman–Crippen MR) is 151 cm³/mol. The van der Waals surface area contributed by atoms with Crippen LogP contribution in [-0.4, -0.2) is 68.5 Å². The van der Waals surface area contributed by atoms with Gasteiger partial charge in [0.05, 0.1) is 17.8 Å². The summed E-state index contributed by atoms with van der Waals surface area (Å²) >= 11 is 0. The molecular weight excluding hydrogens is 532 g/mol. The van der Waals surface area contributed by atoms with Crippen LogP contribution in [0, 0.1) is 5.41 Å². The first-order valence-electron chi connectivity index (χ1n) is 12.7. The number of carbonyl (C=O) groups is 1. The van der Waals surface area contributed by atoms with Crippen molar-refractivity contribution in [3.05, 3.63) is 78.4 Å². The van der Waals surface area contributed by atoms with E-state index < -0.39 is 21.7 Å². The van der Waals surface area contributed by atoms with Gasteiger partial charge in [0, 0.05) is 12.2 Å². The van der Waals surface area contributed by atoms with Crippen molar-refractivity contribution in [1.82, 2.24) is 29.4 Å². The van der Waals surface area contributed by atoms with E-state index in [-0.39, 0.29) is 17.5 Å². The molecule has 40 heavy (non-hydrogen) atoms. The first kappa shape index (κ1) is 27.5. The molecule has 2 aromatic carbocycles. The average Bonchev–Trinajstić information content (AvgIpc) is 3.53. The van der Waals surface area contributed by atoms with Gasteiger partial charge in [-0.1, -0.05) is 51.1 Å². The fourth-order valence-electron chi connectivity index (χ4n) is 4.97.